The Morgan fingerprint density at radius 1 is 0.923 bits per heavy atom. The Bertz CT molecular complexity index is 2010. The summed E-state index contributed by atoms with van der Waals surface area (Å²) in [5.41, 5.74) is 5.23. The zero-order valence-corrected chi connectivity index (χ0v) is 20.8. The summed E-state index contributed by atoms with van der Waals surface area (Å²) in [6, 6.07) is 19.1. The fourth-order valence-electron chi connectivity index (χ4n) is 4.52. The molecule has 0 saturated carbocycles. The molecule has 0 aliphatic heterocycles. The summed E-state index contributed by atoms with van der Waals surface area (Å²) in [5.74, 6) is -2.24. The van der Waals surface area contributed by atoms with E-state index in [0.29, 0.717) is 11.3 Å². The van der Waals surface area contributed by atoms with E-state index < -0.39 is 11.9 Å². The summed E-state index contributed by atoms with van der Waals surface area (Å²) in [4.78, 5) is 41.8. The first-order chi connectivity index (χ1) is 18.7. The number of para-hydroxylation sites is 1. The van der Waals surface area contributed by atoms with E-state index in [-0.39, 0.29) is 22.2 Å². The lowest BCUT2D eigenvalue weighted by molar-refractivity contribution is 0.0696. The summed E-state index contributed by atoms with van der Waals surface area (Å²) < 4.78 is 3.48. The van der Waals surface area contributed by atoms with Gasteiger partial charge >= 0.3 is 11.9 Å². The summed E-state index contributed by atoms with van der Waals surface area (Å²) in [6.45, 7) is 3.58. The molecule has 0 unspecified atom stereocenters. The number of nitriles is 1. The van der Waals surface area contributed by atoms with Gasteiger partial charge in [-0.15, -0.1) is 0 Å². The van der Waals surface area contributed by atoms with Crippen molar-refractivity contribution in [2.45, 2.75) is 13.8 Å². The molecule has 10 nitrogen and oxygen atoms in total. The molecular weight excluding hydrogens is 498 g/mol. The van der Waals surface area contributed by atoms with E-state index in [4.69, 9.17) is 10.2 Å². The van der Waals surface area contributed by atoms with Crippen molar-refractivity contribution in [1.29, 1.82) is 5.26 Å². The Morgan fingerprint density at radius 2 is 1.62 bits per heavy atom. The van der Waals surface area contributed by atoms with Crippen LogP contribution < -0.4 is 5.56 Å². The predicted molar refractivity (Wildman–Crippen MR) is 145 cm³/mol. The van der Waals surface area contributed by atoms with Crippen LogP contribution in [0.1, 0.15) is 37.5 Å². The standard InChI is InChI=1S/C20H13N5O.C9H8O4/c1-12-10-24-11-14(6-7-18(24)22-12)25-19-15-4-2-3-5-16(15)23-17(19)8-13(9-21)20(25)26;1-5-2-6(8(10)11)4-7(3-5)9(12)13/h2-8,10-11,23H,1H3;2-4H,1H3,(H,10,11)(H,12,13). The molecular formula is C29H21N5O5. The molecule has 10 heteroatoms. The number of H-pyrrole nitrogens is 1. The zero-order chi connectivity index (χ0) is 27.8. The molecule has 0 bridgehead atoms. The SMILES string of the molecule is Cc1cc(C(=O)O)cc(C(=O)O)c1.Cc1cn2cc(-n3c(=O)c(C#N)cc4[nH]c5ccccc5c43)ccc2n1. The van der Waals surface area contributed by atoms with Gasteiger partial charge in [0.1, 0.15) is 17.3 Å². The Hall–Kier alpha value is -5.69. The Morgan fingerprint density at radius 3 is 2.28 bits per heavy atom. The van der Waals surface area contributed by atoms with E-state index >= 15 is 0 Å². The van der Waals surface area contributed by atoms with Crippen LogP contribution >= 0.6 is 0 Å². The van der Waals surface area contributed by atoms with Crippen molar-refractivity contribution < 1.29 is 19.8 Å². The van der Waals surface area contributed by atoms with Crippen molar-refractivity contribution in [1.82, 2.24) is 18.9 Å². The number of aromatic nitrogens is 4. The number of carbonyl (C=O) groups is 2. The van der Waals surface area contributed by atoms with Crippen molar-refractivity contribution in [3.05, 3.63) is 111 Å². The molecule has 4 aromatic heterocycles. The van der Waals surface area contributed by atoms with Crippen LogP contribution in [0.25, 0.3) is 33.3 Å². The Labute approximate surface area is 220 Å². The predicted octanol–water partition coefficient (Wildman–Crippen LogP) is 4.69. The highest BCUT2D eigenvalue weighted by molar-refractivity contribution is 6.06. The quantitative estimate of drug-likeness (QED) is 0.306. The molecule has 0 saturated heterocycles. The maximum absolute atomic E-state index is 13.0. The molecule has 0 fully saturated rings. The number of rotatable bonds is 3. The number of carboxylic acid groups (broad SMARTS) is 2. The van der Waals surface area contributed by atoms with Crippen molar-refractivity contribution in [2.75, 3.05) is 0 Å². The molecule has 0 aliphatic carbocycles. The Balaban J connectivity index is 0.000000201. The molecule has 6 rings (SSSR count). The number of pyridine rings is 2. The number of nitrogens with one attached hydrogen (secondary N) is 1. The number of aryl methyl sites for hydroxylation is 2. The lowest BCUT2D eigenvalue weighted by atomic mass is 10.1. The average molecular weight is 520 g/mol. The number of carboxylic acids is 2. The lowest BCUT2D eigenvalue weighted by Crippen LogP contribution is -2.21. The van der Waals surface area contributed by atoms with Crippen LogP contribution in [0.5, 0.6) is 0 Å². The van der Waals surface area contributed by atoms with E-state index in [9.17, 15) is 19.6 Å². The molecule has 192 valence electrons. The molecule has 2 aromatic carbocycles. The minimum absolute atomic E-state index is 0.00241. The van der Waals surface area contributed by atoms with Gasteiger partial charge in [0.2, 0.25) is 0 Å². The van der Waals surface area contributed by atoms with Gasteiger partial charge in [-0.05, 0) is 61.9 Å². The van der Waals surface area contributed by atoms with Crippen LogP contribution in [0.3, 0.4) is 0 Å². The first kappa shape index (κ1) is 25.0. The fourth-order valence-corrected chi connectivity index (χ4v) is 4.52. The van der Waals surface area contributed by atoms with Crippen LogP contribution in [0.4, 0.5) is 0 Å². The highest BCUT2D eigenvalue weighted by Gasteiger charge is 2.16. The molecule has 39 heavy (non-hydrogen) atoms. The van der Waals surface area contributed by atoms with Gasteiger partial charge in [-0.3, -0.25) is 9.36 Å². The smallest absolute Gasteiger partial charge is 0.335 e. The van der Waals surface area contributed by atoms with Crippen LogP contribution in [-0.4, -0.2) is 41.1 Å². The number of imidazole rings is 1. The van der Waals surface area contributed by atoms with Gasteiger partial charge in [0.05, 0.1) is 33.5 Å². The number of hydrogen-bond acceptors (Lipinski definition) is 5. The normalized spacial score (nSPS) is 10.8. The third-order valence-electron chi connectivity index (χ3n) is 6.16. The van der Waals surface area contributed by atoms with Crippen molar-refractivity contribution in [3.8, 4) is 11.8 Å². The molecule has 0 amide bonds. The summed E-state index contributed by atoms with van der Waals surface area (Å²) in [6.07, 6.45) is 3.77. The van der Waals surface area contributed by atoms with Gasteiger partial charge in [-0.25, -0.2) is 14.6 Å². The molecule has 4 heterocycles. The van der Waals surface area contributed by atoms with Gasteiger partial charge in [0, 0.05) is 23.3 Å². The molecule has 0 atom stereocenters. The summed E-state index contributed by atoms with van der Waals surface area (Å²) in [7, 11) is 0. The zero-order valence-electron chi connectivity index (χ0n) is 20.8. The van der Waals surface area contributed by atoms with E-state index in [1.807, 2.05) is 66.2 Å². The first-order valence-electron chi connectivity index (χ1n) is 11.8. The van der Waals surface area contributed by atoms with Crippen LogP contribution in [0, 0.1) is 25.2 Å². The number of benzene rings is 2. The van der Waals surface area contributed by atoms with Crippen LogP contribution in [0.15, 0.2) is 77.9 Å². The van der Waals surface area contributed by atoms with E-state index in [0.717, 1.165) is 39.3 Å². The second kappa shape index (κ2) is 9.64. The number of nitrogens with zero attached hydrogens (tertiary/aromatic N) is 4. The van der Waals surface area contributed by atoms with Crippen molar-refractivity contribution in [2.24, 2.45) is 0 Å². The van der Waals surface area contributed by atoms with Gasteiger partial charge in [-0.1, -0.05) is 18.2 Å². The maximum Gasteiger partial charge on any atom is 0.335 e. The van der Waals surface area contributed by atoms with Crippen LogP contribution in [0.2, 0.25) is 0 Å². The largest absolute Gasteiger partial charge is 0.478 e. The number of fused-ring (bicyclic) bond motifs is 4. The Kier molecular flexibility index (Phi) is 6.18. The van der Waals surface area contributed by atoms with Gasteiger partial charge in [0.15, 0.2) is 0 Å². The molecule has 0 spiro atoms. The molecule has 0 aliphatic rings. The fraction of sp³-hybridized carbons (Fsp3) is 0.0690. The van der Waals surface area contributed by atoms with Gasteiger partial charge in [0.25, 0.3) is 5.56 Å². The number of aromatic amines is 1. The minimum atomic E-state index is -1.12. The van der Waals surface area contributed by atoms with Crippen LogP contribution in [-0.2, 0) is 0 Å². The highest BCUT2D eigenvalue weighted by atomic mass is 16.4. The third kappa shape index (κ3) is 4.60. The van der Waals surface area contributed by atoms with Gasteiger partial charge in [-0.2, -0.15) is 5.26 Å². The topological polar surface area (TPSA) is 153 Å². The third-order valence-corrected chi connectivity index (χ3v) is 6.16. The maximum atomic E-state index is 13.0. The second-order valence-electron chi connectivity index (χ2n) is 8.98. The summed E-state index contributed by atoms with van der Waals surface area (Å²) >= 11 is 0. The van der Waals surface area contributed by atoms with Gasteiger partial charge < -0.3 is 19.6 Å². The lowest BCUT2D eigenvalue weighted by Gasteiger charge is -2.09. The average Bonchev–Trinajstić information content (AvgIpc) is 3.46. The van der Waals surface area contributed by atoms with E-state index in [1.54, 1.807) is 17.6 Å². The monoisotopic (exact) mass is 519 g/mol. The summed E-state index contributed by atoms with van der Waals surface area (Å²) in [5, 5.41) is 27.6. The number of aromatic carboxylic acids is 2. The van der Waals surface area contributed by atoms with Crippen molar-refractivity contribution in [3.63, 3.8) is 0 Å². The second-order valence-corrected chi connectivity index (χ2v) is 8.98. The minimum Gasteiger partial charge on any atom is -0.478 e. The van der Waals surface area contributed by atoms with E-state index in [2.05, 4.69) is 9.97 Å². The molecule has 0 radical (unpaired) electrons. The highest BCUT2D eigenvalue weighted by Crippen LogP contribution is 2.27. The first-order valence-corrected chi connectivity index (χ1v) is 11.8. The van der Waals surface area contributed by atoms with Crippen molar-refractivity contribution >= 4 is 39.5 Å². The molecule has 3 N–H and O–H groups in total. The van der Waals surface area contributed by atoms with E-state index in [1.165, 1.54) is 12.1 Å². The number of hydrogen-bond donors (Lipinski definition) is 3. The molecule has 6 aromatic rings.